The second-order valence-electron chi connectivity index (χ2n) is 4.38. The van der Waals surface area contributed by atoms with Crippen LogP contribution in [-0.2, 0) is 9.53 Å². The van der Waals surface area contributed by atoms with Crippen LogP contribution in [0.25, 0.3) is 11.1 Å². The maximum absolute atomic E-state index is 11.8. The molecule has 2 aromatic carbocycles. The van der Waals surface area contributed by atoms with E-state index in [4.69, 9.17) is 11.6 Å². The lowest BCUT2D eigenvalue weighted by Crippen LogP contribution is -2.02. The van der Waals surface area contributed by atoms with E-state index in [9.17, 15) is 9.59 Å². The fourth-order valence-corrected chi connectivity index (χ4v) is 1.93. The Kier molecular flexibility index (Phi) is 5.35. The lowest BCUT2D eigenvalue weighted by molar-refractivity contribution is -0.136. The number of ketones is 1. The third kappa shape index (κ3) is 4.21. The van der Waals surface area contributed by atoms with E-state index in [1.54, 1.807) is 31.2 Å². The molecule has 0 aliphatic rings. The molecule has 0 unspecified atom stereocenters. The van der Waals surface area contributed by atoms with Gasteiger partial charge in [0.2, 0.25) is 5.78 Å². The molecule has 0 aromatic heterocycles. The first kappa shape index (κ1) is 15.8. The van der Waals surface area contributed by atoms with Gasteiger partial charge in [0.25, 0.3) is 0 Å². The minimum absolute atomic E-state index is 0.234. The molecule has 0 fully saturated rings. The summed E-state index contributed by atoms with van der Waals surface area (Å²) in [4.78, 5) is 22.9. The minimum Gasteiger partial charge on any atom is -0.456 e. The van der Waals surface area contributed by atoms with Crippen molar-refractivity contribution in [1.82, 2.24) is 0 Å². The Morgan fingerprint density at radius 1 is 0.955 bits per heavy atom. The van der Waals surface area contributed by atoms with E-state index in [0.717, 1.165) is 11.1 Å². The Hall–Kier alpha value is -2.57. The van der Waals surface area contributed by atoms with Crippen molar-refractivity contribution >= 4 is 23.4 Å². The van der Waals surface area contributed by atoms with E-state index >= 15 is 0 Å². The number of rotatable bonds is 3. The number of ether oxygens (including phenoxy) is 1. The van der Waals surface area contributed by atoms with Crippen LogP contribution in [-0.4, -0.2) is 18.4 Å². The Bertz CT molecular complexity index is 735. The molecule has 22 heavy (non-hydrogen) atoms. The summed E-state index contributed by atoms with van der Waals surface area (Å²) in [5.41, 5.74) is 2.39. The number of carbonyl (C=O) groups excluding carboxylic acids is 2. The number of hydrogen-bond donors (Lipinski definition) is 0. The van der Waals surface area contributed by atoms with Crippen LogP contribution in [0.15, 0.2) is 48.5 Å². The fraction of sp³-hybridized carbons (Fsp3) is 0.111. The maximum Gasteiger partial charge on any atom is 0.384 e. The van der Waals surface area contributed by atoms with Gasteiger partial charge in [0.15, 0.2) is 0 Å². The number of halogens is 1. The predicted octanol–water partition coefficient (Wildman–Crippen LogP) is 3.76. The molecule has 0 bridgehead atoms. The van der Waals surface area contributed by atoms with Gasteiger partial charge in [-0.2, -0.15) is 0 Å². The molecule has 2 rings (SSSR count). The van der Waals surface area contributed by atoms with Crippen molar-refractivity contribution in [2.24, 2.45) is 0 Å². The monoisotopic (exact) mass is 312 g/mol. The van der Waals surface area contributed by atoms with Gasteiger partial charge < -0.3 is 4.74 Å². The molecule has 3 nitrogen and oxygen atoms in total. The van der Waals surface area contributed by atoms with Crippen molar-refractivity contribution in [3.63, 3.8) is 0 Å². The predicted molar refractivity (Wildman–Crippen MR) is 85.6 cm³/mol. The zero-order valence-corrected chi connectivity index (χ0v) is 12.7. The Morgan fingerprint density at radius 3 is 2.05 bits per heavy atom. The van der Waals surface area contributed by atoms with E-state index in [2.05, 4.69) is 16.6 Å². The average molecular weight is 313 g/mol. The molecule has 0 aliphatic heterocycles. The number of benzene rings is 2. The first-order valence-electron chi connectivity index (χ1n) is 6.69. The summed E-state index contributed by atoms with van der Waals surface area (Å²) in [6.07, 6.45) is 0. The molecule has 0 heterocycles. The van der Waals surface area contributed by atoms with E-state index in [1.807, 2.05) is 24.3 Å². The first-order chi connectivity index (χ1) is 10.6. The normalized spacial score (nSPS) is 9.55. The highest BCUT2D eigenvalue weighted by Gasteiger charge is 2.04. The third-order valence-electron chi connectivity index (χ3n) is 2.88. The molecular weight excluding hydrogens is 300 g/mol. The van der Waals surface area contributed by atoms with Crippen LogP contribution < -0.4 is 0 Å². The fourth-order valence-electron chi connectivity index (χ4n) is 1.80. The molecule has 4 heteroatoms. The molecule has 0 saturated carbocycles. The van der Waals surface area contributed by atoms with E-state index in [0.29, 0.717) is 10.6 Å². The molecule has 0 radical (unpaired) electrons. The van der Waals surface area contributed by atoms with Crippen molar-refractivity contribution in [3.05, 3.63) is 59.1 Å². The van der Waals surface area contributed by atoms with Gasteiger partial charge in [-0.1, -0.05) is 35.9 Å². The summed E-state index contributed by atoms with van der Waals surface area (Å²) in [5.74, 6) is 3.31. The van der Waals surface area contributed by atoms with Crippen LogP contribution in [0.1, 0.15) is 17.3 Å². The zero-order chi connectivity index (χ0) is 15.9. The average Bonchev–Trinajstić information content (AvgIpc) is 2.54. The molecule has 0 amide bonds. The second kappa shape index (κ2) is 7.44. The van der Waals surface area contributed by atoms with E-state index < -0.39 is 11.8 Å². The highest BCUT2D eigenvalue weighted by molar-refractivity contribution is 6.30. The minimum atomic E-state index is -0.700. The standard InChI is InChI=1S/C18H13ClO3/c1-2-22-18(21)12-11-17(20)15-5-3-13(4-6-15)14-7-9-16(19)10-8-14/h3-10H,2H2,1H3. The Labute approximate surface area is 133 Å². The summed E-state index contributed by atoms with van der Waals surface area (Å²) in [6, 6.07) is 14.4. The lowest BCUT2D eigenvalue weighted by Gasteiger charge is -2.02. The summed E-state index contributed by atoms with van der Waals surface area (Å²) in [6.45, 7) is 1.91. The van der Waals surface area contributed by atoms with Gasteiger partial charge in [-0.05, 0) is 48.2 Å². The van der Waals surface area contributed by atoms with Gasteiger partial charge in [-0.15, -0.1) is 0 Å². The number of esters is 1. The van der Waals surface area contributed by atoms with Gasteiger partial charge >= 0.3 is 5.97 Å². The van der Waals surface area contributed by atoms with Gasteiger partial charge in [-0.25, -0.2) is 4.79 Å². The van der Waals surface area contributed by atoms with E-state index in [-0.39, 0.29) is 6.61 Å². The number of Topliss-reactive ketones (excluding diaryl/α,β-unsaturated/α-hetero) is 1. The van der Waals surface area contributed by atoms with Gasteiger partial charge in [-0.3, -0.25) is 4.79 Å². The lowest BCUT2D eigenvalue weighted by atomic mass is 10.0. The smallest absolute Gasteiger partial charge is 0.384 e. The maximum atomic E-state index is 11.8. The summed E-state index contributed by atoms with van der Waals surface area (Å²) in [5, 5.41) is 0.671. The van der Waals surface area contributed by atoms with Crippen LogP contribution >= 0.6 is 11.6 Å². The topological polar surface area (TPSA) is 43.4 Å². The highest BCUT2D eigenvalue weighted by Crippen LogP contribution is 2.21. The van der Waals surface area contributed by atoms with Gasteiger partial charge in [0.05, 0.1) is 6.61 Å². The van der Waals surface area contributed by atoms with Crippen LogP contribution in [0.2, 0.25) is 5.02 Å². The summed E-state index contributed by atoms with van der Waals surface area (Å²) in [7, 11) is 0. The molecule has 110 valence electrons. The van der Waals surface area contributed by atoms with Crippen molar-refractivity contribution in [1.29, 1.82) is 0 Å². The molecule has 2 aromatic rings. The largest absolute Gasteiger partial charge is 0.456 e. The van der Waals surface area contributed by atoms with Crippen molar-refractivity contribution in [3.8, 4) is 23.0 Å². The summed E-state index contributed by atoms with van der Waals surface area (Å²) >= 11 is 5.85. The molecule has 0 spiro atoms. The Morgan fingerprint density at radius 2 is 1.50 bits per heavy atom. The van der Waals surface area contributed by atoms with Crippen molar-refractivity contribution < 1.29 is 14.3 Å². The van der Waals surface area contributed by atoms with Crippen LogP contribution in [0.5, 0.6) is 0 Å². The molecule has 0 aliphatic carbocycles. The molecular formula is C18H13ClO3. The molecule has 0 saturated heterocycles. The van der Waals surface area contributed by atoms with Gasteiger partial charge in [0, 0.05) is 16.5 Å². The molecule has 0 atom stereocenters. The van der Waals surface area contributed by atoms with Crippen LogP contribution in [0, 0.1) is 11.8 Å². The van der Waals surface area contributed by atoms with E-state index in [1.165, 1.54) is 0 Å². The SMILES string of the molecule is CCOC(=O)C#CC(=O)c1ccc(-c2ccc(Cl)cc2)cc1. The first-order valence-corrected chi connectivity index (χ1v) is 7.07. The Balaban J connectivity index is 2.13. The van der Waals surface area contributed by atoms with Crippen molar-refractivity contribution in [2.45, 2.75) is 6.92 Å². The van der Waals surface area contributed by atoms with Crippen LogP contribution in [0.3, 0.4) is 0 Å². The second-order valence-corrected chi connectivity index (χ2v) is 4.82. The van der Waals surface area contributed by atoms with Crippen LogP contribution in [0.4, 0.5) is 0 Å². The number of hydrogen-bond acceptors (Lipinski definition) is 3. The quantitative estimate of drug-likeness (QED) is 0.285. The zero-order valence-electron chi connectivity index (χ0n) is 11.9. The van der Waals surface area contributed by atoms with Crippen molar-refractivity contribution in [2.75, 3.05) is 6.61 Å². The summed E-state index contributed by atoms with van der Waals surface area (Å²) < 4.78 is 4.64. The highest BCUT2D eigenvalue weighted by atomic mass is 35.5. The number of carbonyl (C=O) groups is 2. The third-order valence-corrected chi connectivity index (χ3v) is 3.13. The van der Waals surface area contributed by atoms with Gasteiger partial charge in [0.1, 0.15) is 0 Å². The molecule has 0 N–H and O–H groups in total.